The van der Waals surface area contributed by atoms with Crippen molar-refractivity contribution in [2.45, 2.75) is 18.5 Å². The predicted octanol–water partition coefficient (Wildman–Crippen LogP) is 5.12. The van der Waals surface area contributed by atoms with Crippen LogP contribution in [0.15, 0.2) is 53.7 Å². The van der Waals surface area contributed by atoms with Gasteiger partial charge in [0.2, 0.25) is 0 Å². The Morgan fingerprint density at radius 1 is 1.11 bits per heavy atom. The number of ether oxygens (including phenoxy) is 2. The van der Waals surface area contributed by atoms with Crippen LogP contribution in [-0.2, 0) is 4.74 Å². The van der Waals surface area contributed by atoms with E-state index in [9.17, 15) is 0 Å². The van der Waals surface area contributed by atoms with Crippen LogP contribution in [0.5, 0.6) is 5.75 Å². The molecule has 1 heterocycles. The van der Waals surface area contributed by atoms with Gasteiger partial charge in [0.1, 0.15) is 5.75 Å². The van der Waals surface area contributed by atoms with Gasteiger partial charge in [-0.05, 0) is 49.7 Å². The number of rotatable bonds is 9. The molecular formula is C20H22ClN3O2S. The number of halogens is 1. The van der Waals surface area contributed by atoms with Crippen molar-refractivity contribution in [2.24, 2.45) is 0 Å². The van der Waals surface area contributed by atoms with E-state index < -0.39 is 0 Å². The molecule has 2 aromatic carbocycles. The van der Waals surface area contributed by atoms with Crippen molar-refractivity contribution < 1.29 is 9.47 Å². The van der Waals surface area contributed by atoms with E-state index in [0.717, 1.165) is 46.8 Å². The molecule has 0 amide bonds. The Kier molecular flexibility index (Phi) is 7.15. The van der Waals surface area contributed by atoms with Crippen LogP contribution in [0.25, 0.3) is 17.1 Å². The SMILES string of the molecule is CCOc1ccc(-n2c(SCCCOC)nnc2-c2cccc(Cl)c2)cc1. The summed E-state index contributed by atoms with van der Waals surface area (Å²) in [6, 6.07) is 15.6. The van der Waals surface area contributed by atoms with Gasteiger partial charge in [-0.1, -0.05) is 35.5 Å². The average Bonchev–Trinajstić information content (AvgIpc) is 3.10. The van der Waals surface area contributed by atoms with Gasteiger partial charge < -0.3 is 9.47 Å². The Morgan fingerprint density at radius 3 is 2.63 bits per heavy atom. The third-order valence-electron chi connectivity index (χ3n) is 3.85. The van der Waals surface area contributed by atoms with Crippen molar-refractivity contribution in [3.8, 4) is 22.8 Å². The second kappa shape index (κ2) is 9.78. The molecule has 0 atom stereocenters. The topological polar surface area (TPSA) is 49.2 Å². The zero-order chi connectivity index (χ0) is 19.1. The van der Waals surface area contributed by atoms with Crippen LogP contribution in [0.3, 0.4) is 0 Å². The molecule has 0 saturated carbocycles. The molecule has 0 aliphatic carbocycles. The summed E-state index contributed by atoms with van der Waals surface area (Å²) in [5.74, 6) is 2.50. The number of hydrogen-bond donors (Lipinski definition) is 0. The first-order valence-electron chi connectivity index (χ1n) is 8.79. The molecule has 0 bridgehead atoms. The molecule has 0 radical (unpaired) electrons. The molecule has 142 valence electrons. The first-order valence-corrected chi connectivity index (χ1v) is 10.2. The van der Waals surface area contributed by atoms with Gasteiger partial charge in [-0.15, -0.1) is 10.2 Å². The maximum Gasteiger partial charge on any atom is 0.196 e. The maximum atomic E-state index is 6.18. The second-order valence-electron chi connectivity index (χ2n) is 5.77. The molecule has 0 aliphatic heterocycles. The summed E-state index contributed by atoms with van der Waals surface area (Å²) in [4.78, 5) is 0. The van der Waals surface area contributed by atoms with Gasteiger partial charge in [0.25, 0.3) is 0 Å². The lowest BCUT2D eigenvalue weighted by Crippen LogP contribution is -2.01. The molecule has 5 nitrogen and oxygen atoms in total. The Hall–Kier alpha value is -2.02. The van der Waals surface area contributed by atoms with Crippen LogP contribution in [0.1, 0.15) is 13.3 Å². The van der Waals surface area contributed by atoms with Gasteiger partial charge in [-0.25, -0.2) is 0 Å². The first kappa shape index (κ1) is 19.7. The summed E-state index contributed by atoms with van der Waals surface area (Å²) in [6.45, 7) is 3.34. The van der Waals surface area contributed by atoms with E-state index in [4.69, 9.17) is 21.1 Å². The normalized spacial score (nSPS) is 10.9. The molecular weight excluding hydrogens is 382 g/mol. The van der Waals surface area contributed by atoms with E-state index in [-0.39, 0.29) is 0 Å². The highest BCUT2D eigenvalue weighted by atomic mass is 35.5. The van der Waals surface area contributed by atoms with Gasteiger partial charge in [0.15, 0.2) is 11.0 Å². The number of methoxy groups -OCH3 is 1. The van der Waals surface area contributed by atoms with E-state index >= 15 is 0 Å². The highest BCUT2D eigenvalue weighted by Gasteiger charge is 2.16. The third-order valence-corrected chi connectivity index (χ3v) is 5.10. The van der Waals surface area contributed by atoms with Crippen LogP contribution < -0.4 is 4.74 Å². The molecule has 1 aromatic heterocycles. The molecule has 27 heavy (non-hydrogen) atoms. The van der Waals surface area contributed by atoms with Crippen LogP contribution in [0.2, 0.25) is 5.02 Å². The fourth-order valence-corrected chi connectivity index (χ4v) is 3.69. The first-order chi connectivity index (χ1) is 13.2. The predicted molar refractivity (Wildman–Crippen MR) is 110 cm³/mol. The molecule has 0 aliphatic rings. The fraction of sp³-hybridized carbons (Fsp3) is 0.300. The number of thioether (sulfide) groups is 1. The molecule has 0 unspecified atom stereocenters. The third kappa shape index (κ3) is 5.03. The van der Waals surface area contributed by atoms with Gasteiger partial charge in [0, 0.05) is 35.7 Å². The lowest BCUT2D eigenvalue weighted by molar-refractivity contribution is 0.200. The summed E-state index contributed by atoms with van der Waals surface area (Å²) >= 11 is 7.84. The van der Waals surface area contributed by atoms with Crippen molar-refractivity contribution in [1.29, 1.82) is 0 Å². The Balaban J connectivity index is 1.97. The summed E-state index contributed by atoms with van der Waals surface area (Å²) < 4.78 is 12.7. The highest BCUT2D eigenvalue weighted by molar-refractivity contribution is 7.99. The molecule has 0 fully saturated rings. The molecule has 3 rings (SSSR count). The van der Waals surface area contributed by atoms with Crippen molar-refractivity contribution in [2.75, 3.05) is 26.1 Å². The van der Waals surface area contributed by atoms with E-state index in [0.29, 0.717) is 11.6 Å². The Bertz CT molecular complexity index is 868. The molecule has 7 heteroatoms. The second-order valence-corrected chi connectivity index (χ2v) is 7.27. The van der Waals surface area contributed by atoms with Crippen molar-refractivity contribution >= 4 is 23.4 Å². The van der Waals surface area contributed by atoms with Crippen LogP contribution in [-0.4, -0.2) is 40.8 Å². The Labute approximate surface area is 168 Å². The highest BCUT2D eigenvalue weighted by Crippen LogP contribution is 2.30. The van der Waals surface area contributed by atoms with Gasteiger partial charge in [-0.3, -0.25) is 4.57 Å². The molecule has 3 aromatic rings. The summed E-state index contributed by atoms with van der Waals surface area (Å²) in [5, 5.41) is 10.4. The minimum absolute atomic E-state index is 0.639. The molecule has 0 spiro atoms. The standard InChI is InChI=1S/C20H22ClN3O2S/c1-3-26-18-10-8-17(9-11-18)24-19(15-6-4-7-16(21)14-15)22-23-20(24)27-13-5-12-25-2/h4,6-11,14H,3,5,12-13H2,1-2H3. The monoisotopic (exact) mass is 403 g/mol. The van der Waals surface area contributed by atoms with Crippen LogP contribution >= 0.6 is 23.4 Å². The summed E-state index contributed by atoms with van der Waals surface area (Å²) in [6.07, 6.45) is 0.948. The van der Waals surface area contributed by atoms with Gasteiger partial charge in [-0.2, -0.15) is 0 Å². The molecule has 0 saturated heterocycles. The number of nitrogens with zero attached hydrogens (tertiary/aromatic N) is 3. The van der Waals surface area contributed by atoms with Crippen LogP contribution in [0.4, 0.5) is 0 Å². The van der Waals surface area contributed by atoms with Crippen molar-refractivity contribution in [1.82, 2.24) is 14.8 Å². The van der Waals surface area contributed by atoms with E-state index in [1.807, 2.05) is 55.5 Å². The summed E-state index contributed by atoms with van der Waals surface area (Å²) in [5.41, 5.74) is 1.90. The van der Waals surface area contributed by atoms with E-state index in [2.05, 4.69) is 14.8 Å². The smallest absolute Gasteiger partial charge is 0.196 e. The van der Waals surface area contributed by atoms with Crippen molar-refractivity contribution in [3.05, 3.63) is 53.6 Å². The van der Waals surface area contributed by atoms with E-state index in [1.165, 1.54) is 0 Å². The minimum atomic E-state index is 0.639. The lowest BCUT2D eigenvalue weighted by atomic mass is 10.2. The maximum absolute atomic E-state index is 6.18. The zero-order valence-electron chi connectivity index (χ0n) is 15.4. The number of benzene rings is 2. The zero-order valence-corrected chi connectivity index (χ0v) is 17.0. The van der Waals surface area contributed by atoms with Crippen molar-refractivity contribution in [3.63, 3.8) is 0 Å². The Morgan fingerprint density at radius 2 is 1.93 bits per heavy atom. The van der Waals surface area contributed by atoms with E-state index in [1.54, 1.807) is 18.9 Å². The number of aromatic nitrogens is 3. The minimum Gasteiger partial charge on any atom is -0.494 e. The average molecular weight is 404 g/mol. The van der Waals surface area contributed by atoms with Gasteiger partial charge in [0.05, 0.1) is 6.61 Å². The molecule has 0 N–H and O–H groups in total. The van der Waals surface area contributed by atoms with Gasteiger partial charge >= 0.3 is 0 Å². The lowest BCUT2D eigenvalue weighted by Gasteiger charge is -2.11. The fourth-order valence-electron chi connectivity index (χ4n) is 2.64. The number of hydrogen-bond acceptors (Lipinski definition) is 5. The van der Waals surface area contributed by atoms with Crippen LogP contribution in [0, 0.1) is 0 Å². The quantitative estimate of drug-likeness (QED) is 0.367. The largest absolute Gasteiger partial charge is 0.494 e. The summed E-state index contributed by atoms with van der Waals surface area (Å²) in [7, 11) is 1.71.